The van der Waals surface area contributed by atoms with Crippen LogP contribution in [-0.2, 0) is 23.8 Å². The van der Waals surface area contributed by atoms with Gasteiger partial charge in [0.05, 0.1) is 6.61 Å². The summed E-state index contributed by atoms with van der Waals surface area (Å²) in [7, 11) is 0. The maximum Gasteiger partial charge on any atom is 0.306 e. The Bertz CT molecular complexity index is 1510. The summed E-state index contributed by atoms with van der Waals surface area (Å²) in [5, 5.41) is 0. The van der Waals surface area contributed by atoms with E-state index in [-0.39, 0.29) is 31.6 Å². The number of unbranched alkanes of at least 4 members (excludes halogenated alkanes) is 15. The van der Waals surface area contributed by atoms with Crippen LogP contribution in [0.4, 0.5) is 0 Å². The lowest BCUT2D eigenvalue weighted by Crippen LogP contribution is -2.30. The van der Waals surface area contributed by atoms with Gasteiger partial charge >= 0.3 is 11.9 Å². The van der Waals surface area contributed by atoms with Gasteiger partial charge in [-0.15, -0.1) is 0 Å². The van der Waals surface area contributed by atoms with E-state index >= 15 is 0 Å². The second-order valence-electron chi connectivity index (χ2n) is 18.1. The fourth-order valence-corrected chi connectivity index (χ4v) is 7.20. The molecule has 0 heterocycles. The molecule has 0 radical (unpaired) electrons. The van der Waals surface area contributed by atoms with Crippen LogP contribution in [0.3, 0.4) is 0 Å². The van der Waals surface area contributed by atoms with Gasteiger partial charge < -0.3 is 14.2 Å². The van der Waals surface area contributed by atoms with E-state index in [1.54, 1.807) is 0 Å². The van der Waals surface area contributed by atoms with Crippen molar-refractivity contribution in [3.8, 4) is 0 Å². The van der Waals surface area contributed by atoms with Crippen molar-refractivity contribution in [2.75, 3.05) is 19.8 Å². The van der Waals surface area contributed by atoms with Crippen molar-refractivity contribution >= 4 is 11.9 Å². The third kappa shape index (κ3) is 56.4. The fourth-order valence-electron chi connectivity index (χ4n) is 7.20. The number of carbonyl (C=O) groups is 2. The molecule has 0 amide bonds. The smallest absolute Gasteiger partial charge is 0.306 e. The minimum Gasteiger partial charge on any atom is -0.462 e. The van der Waals surface area contributed by atoms with E-state index in [1.807, 2.05) is 6.08 Å². The molecule has 5 heteroatoms. The molecule has 0 saturated carbocycles. The molecular formula is C65H104O5. The summed E-state index contributed by atoms with van der Waals surface area (Å²) < 4.78 is 17.3. The lowest BCUT2D eigenvalue weighted by atomic mass is 10.1. The number of hydrogen-bond donors (Lipinski definition) is 0. The molecule has 0 saturated heterocycles. The SMILES string of the molecule is CC/C=C\C/C=C\C/C=C\C/C=C\C/C=C\C/C=C\CCC(=O)OCC(COCCCC/C=C\C/C=C\C/C=C\C/C=C\C/C=C\CC)OC(=O)CCCCCCCCC/C=C\CCCCCCCC. The van der Waals surface area contributed by atoms with E-state index in [0.29, 0.717) is 19.4 Å². The normalized spacial score (nSPS) is 13.4. The van der Waals surface area contributed by atoms with Crippen molar-refractivity contribution in [3.05, 3.63) is 146 Å². The zero-order valence-corrected chi connectivity index (χ0v) is 45.2. The summed E-state index contributed by atoms with van der Waals surface area (Å²) in [5.74, 6) is -0.532. The molecule has 0 fully saturated rings. The first-order valence-corrected chi connectivity index (χ1v) is 28.4. The molecular weight excluding hydrogens is 861 g/mol. The van der Waals surface area contributed by atoms with Gasteiger partial charge in [0.15, 0.2) is 6.10 Å². The minimum atomic E-state index is -0.604. The zero-order chi connectivity index (χ0) is 50.6. The monoisotopic (exact) mass is 965 g/mol. The average Bonchev–Trinajstić information content (AvgIpc) is 3.36. The second-order valence-corrected chi connectivity index (χ2v) is 18.1. The quantitative estimate of drug-likeness (QED) is 0.0345. The van der Waals surface area contributed by atoms with E-state index in [9.17, 15) is 9.59 Å². The Labute approximate surface area is 431 Å². The van der Waals surface area contributed by atoms with Crippen LogP contribution in [0.25, 0.3) is 0 Å². The van der Waals surface area contributed by atoms with Crippen LogP contribution in [-0.4, -0.2) is 37.9 Å². The van der Waals surface area contributed by atoms with Crippen molar-refractivity contribution in [2.24, 2.45) is 0 Å². The average molecular weight is 966 g/mol. The number of carbonyl (C=O) groups excluding carboxylic acids is 2. The van der Waals surface area contributed by atoms with Crippen LogP contribution in [0.5, 0.6) is 0 Å². The molecule has 0 aliphatic heterocycles. The Morgan fingerprint density at radius 2 is 0.671 bits per heavy atom. The lowest BCUT2D eigenvalue weighted by molar-refractivity contribution is -0.162. The van der Waals surface area contributed by atoms with Crippen molar-refractivity contribution in [1.29, 1.82) is 0 Å². The first-order chi connectivity index (χ1) is 34.6. The first-order valence-electron chi connectivity index (χ1n) is 28.4. The lowest BCUT2D eigenvalue weighted by Gasteiger charge is -2.18. The van der Waals surface area contributed by atoms with Gasteiger partial charge in [-0.2, -0.15) is 0 Å². The van der Waals surface area contributed by atoms with Crippen LogP contribution in [0.1, 0.15) is 226 Å². The van der Waals surface area contributed by atoms with Gasteiger partial charge in [0.25, 0.3) is 0 Å². The molecule has 0 aliphatic carbocycles. The Morgan fingerprint density at radius 1 is 0.329 bits per heavy atom. The molecule has 0 bridgehead atoms. The predicted octanol–water partition coefficient (Wildman–Crippen LogP) is 19.7. The third-order valence-corrected chi connectivity index (χ3v) is 11.4. The van der Waals surface area contributed by atoms with Crippen molar-refractivity contribution < 1.29 is 23.8 Å². The first kappa shape index (κ1) is 65.8. The number of esters is 2. The van der Waals surface area contributed by atoms with Crippen molar-refractivity contribution in [1.82, 2.24) is 0 Å². The molecule has 0 N–H and O–H groups in total. The highest BCUT2D eigenvalue weighted by Gasteiger charge is 2.17. The van der Waals surface area contributed by atoms with Crippen LogP contribution in [0, 0.1) is 0 Å². The summed E-state index contributed by atoms with van der Waals surface area (Å²) >= 11 is 0. The molecule has 1 atom stereocenters. The van der Waals surface area contributed by atoms with Gasteiger partial charge in [-0.25, -0.2) is 0 Å². The van der Waals surface area contributed by atoms with E-state index in [2.05, 4.69) is 161 Å². The van der Waals surface area contributed by atoms with E-state index in [4.69, 9.17) is 14.2 Å². The maximum absolute atomic E-state index is 12.9. The fraction of sp³-hybridized carbons (Fsp3) is 0.600. The van der Waals surface area contributed by atoms with Crippen LogP contribution in [0.2, 0.25) is 0 Å². The third-order valence-electron chi connectivity index (χ3n) is 11.4. The zero-order valence-electron chi connectivity index (χ0n) is 45.2. The van der Waals surface area contributed by atoms with Gasteiger partial charge in [0, 0.05) is 19.4 Å². The van der Waals surface area contributed by atoms with Crippen LogP contribution < -0.4 is 0 Å². The maximum atomic E-state index is 12.9. The topological polar surface area (TPSA) is 61.8 Å². The van der Waals surface area contributed by atoms with Gasteiger partial charge in [-0.3, -0.25) is 9.59 Å². The highest BCUT2D eigenvalue weighted by molar-refractivity contribution is 5.70. The predicted molar refractivity (Wildman–Crippen MR) is 306 cm³/mol. The summed E-state index contributed by atoms with van der Waals surface area (Å²) in [6, 6.07) is 0. The second kappa shape index (κ2) is 59.1. The Hall–Kier alpha value is -4.22. The molecule has 5 nitrogen and oxygen atoms in total. The van der Waals surface area contributed by atoms with Gasteiger partial charge in [0.1, 0.15) is 6.61 Å². The Kier molecular flexibility index (Phi) is 55.5. The summed E-state index contributed by atoms with van der Waals surface area (Å²) in [5.41, 5.74) is 0. The standard InChI is InChI=1S/C65H104O5/c1-4-7-10-13-16-19-22-25-28-31-33-35-37-40-43-46-49-52-55-58-64(66)69-62-63(61-68-60-57-54-51-48-45-42-39-36-32-29-26-23-20-17-14-11-8-5-2)70-65(67)59-56-53-50-47-44-41-38-34-30-27-24-21-18-15-12-9-6-3/h7-8,10-11,16-17,19-20,25-30,33,35-36,39-40,43,45,48-49,52,63H,4-6,9,12-15,18,21-24,31-32,34,37-38,41-42,44,46-47,50-51,53-62H2,1-3H3/b10-7-,11-8-,19-16-,20-17-,28-25-,29-26-,30-27-,35-33-,39-36-,43-40-,48-45-,52-49-. The molecule has 0 aliphatic rings. The van der Waals surface area contributed by atoms with E-state index in [0.717, 1.165) is 109 Å². The largest absolute Gasteiger partial charge is 0.462 e. The van der Waals surface area contributed by atoms with Crippen LogP contribution in [0.15, 0.2) is 146 Å². The highest BCUT2D eigenvalue weighted by Crippen LogP contribution is 2.13. The number of allylic oxidation sites excluding steroid dienone is 24. The molecule has 70 heavy (non-hydrogen) atoms. The number of hydrogen-bond acceptors (Lipinski definition) is 5. The summed E-state index contributed by atoms with van der Waals surface area (Å²) in [6.07, 6.45) is 86.0. The number of rotatable bonds is 50. The summed E-state index contributed by atoms with van der Waals surface area (Å²) in [6.45, 7) is 7.40. The number of ether oxygens (including phenoxy) is 3. The summed E-state index contributed by atoms with van der Waals surface area (Å²) in [4.78, 5) is 25.5. The molecule has 394 valence electrons. The minimum absolute atomic E-state index is 0.0165. The van der Waals surface area contributed by atoms with Gasteiger partial charge in [-0.05, 0) is 128 Å². The molecule has 0 spiro atoms. The van der Waals surface area contributed by atoms with E-state index < -0.39 is 6.10 Å². The molecule has 1 unspecified atom stereocenters. The molecule has 0 aromatic heterocycles. The highest BCUT2D eigenvalue weighted by atomic mass is 16.6. The van der Waals surface area contributed by atoms with Crippen molar-refractivity contribution in [2.45, 2.75) is 232 Å². The van der Waals surface area contributed by atoms with E-state index in [1.165, 1.54) is 77.0 Å². The Balaban J connectivity index is 4.51. The van der Waals surface area contributed by atoms with Gasteiger partial charge in [0.2, 0.25) is 0 Å². The molecule has 0 rings (SSSR count). The van der Waals surface area contributed by atoms with Gasteiger partial charge in [-0.1, -0.05) is 231 Å². The Morgan fingerprint density at radius 3 is 1.10 bits per heavy atom. The molecule has 0 aromatic rings. The molecule has 0 aromatic carbocycles. The van der Waals surface area contributed by atoms with Crippen molar-refractivity contribution in [3.63, 3.8) is 0 Å². The van der Waals surface area contributed by atoms with Crippen LogP contribution >= 0.6 is 0 Å².